The topological polar surface area (TPSA) is 120 Å². The van der Waals surface area contributed by atoms with Gasteiger partial charge < -0.3 is 9.84 Å². The maximum Gasteiger partial charge on any atom is 0.270 e. The smallest absolute Gasteiger partial charge is 0.270 e. The van der Waals surface area contributed by atoms with E-state index in [1.54, 1.807) is 63.5 Å². The zero-order valence-corrected chi connectivity index (χ0v) is 60.5. The van der Waals surface area contributed by atoms with E-state index < -0.39 is 10.8 Å². The summed E-state index contributed by atoms with van der Waals surface area (Å²) in [5.74, 6) is 0.588. The number of halogens is 3. The number of rotatable bonds is 30. The van der Waals surface area contributed by atoms with Crippen LogP contribution in [-0.4, -0.2) is 23.3 Å². The van der Waals surface area contributed by atoms with Gasteiger partial charge in [-0.15, -0.1) is 45.3 Å². The molecule has 4 aliphatic rings. The first-order chi connectivity index (χ1) is 45.6. The van der Waals surface area contributed by atoms with Crippen LogP contribution < -0.4 is 4.74 Å². The number of nitriles is 2. The highest BCUT2D eigenvalue weighted by molar-refractivity contribution is 7.29. The van der Waals surface area contributed by atoms with Crippen LogP contribution in [-0.2, 0) is 10.8 Å². The number of aryl methyl sites for hydroxylation is 1. The van der Waals surface area contributed by atoms with Gasteiger partial charge in [0.05, 0.1) is 61.1 Å². The van der Waals surface area contributed by atoms with Crippen LogP contribution in [0.25, 0.3) is 72.7 Å². The molecule has 0 saturated heterocycles. The number of fused-ring (bicyclic) bond motifs is 12. The summed E-state index contributed by atoms with van der Waals surface area (Å²) in [5.41, 5.74) is 7.23. The predicted octanol–water partition coefficient (Wildman–Crippen LogP) is 26.2. The molecule has 15 heteroatoms. The van der Waals surface area contributed by atoms with Crippen molar-refractivity contribution in [3.8, 4) is 43.1 Å². The van der Waals surface area contributed by atoms with Crippen molar-refractivity contribution in [1.29, 1.82) is 10.5 Å². The third kappa shape index (κ3) is 12.4. The minimum atomic E-state index is -0.495. The van der Waals surface area contributed by atoms with Gasteiger partial charge in [0, 0.05) is 79.6 Å². The number of ether oxygens (including phenoxy) is 1. The molecule has 4 aromatic heterocycles. The summed E-state index contributed by atoms with van der Waals surface area (Å²) in [5, 5.41) is 37.6. The van der Waals surface area contributed by atoms with Crippen LogP contribution in [0.1, 0.15) is 271 Å². The van der Waals surface area contributed by atoms with Crippen LogP contribution in [0.2, 0.25) is 15.1 Å². The van der Waals surface area contributed by atoms with E-state index in [0.717, 1.165) is 208 Å². The Hall–Kier alpha value is -6.29. The van der Waals surface area contributed by atoms with Crippen LogP contribution in [0, 0.1) is 42.7 Å². The van der Waals surface area contributed by atoms with E-state index in [-0.39, 0.29) is 44.2 Å². The van der Waals surface area contributed by atoms with Gasteiger partial charge >= 0.3 is 0 Å². The van der Waals surface area contributed by atoms with Gasteiger partial charge in [0.1, 0.15) is 11.5 Å². The molecule has 0 bridgehead atoms. The lowest BCUT2D eigenvalue weighted by Gasteiger charge is -2.33. The van der Waals surface area contributed by atoms with E-state index in [0.29, 0.717) is 50.8 Å². The number of aromatic hydroxyl groups is 1. The number of Topliss-reactive ketones (excluding diaryl/α,β-unsaturated/α-hetero) is 2. The Morgan fingerprint density at radius 2 is 0.915 bits per heavy atom. The van der Waals surface area contributed by atoms with Crippen molar-refractivity contribution in [2.75, 3.05) is 6.61 Å². The fourth-order valence-corrected chi connectivity index (χ4v) is 21.4. The average Bonchev–Trinajstić information content (AvgIpc) is 1.51. The molecule has 3 aromatic carbocycles. The van der Waals surface area contributed by atoms with Gasteiger partial charge in [0.25, 0.3) is 11.4 Å². The number of unbranched alkanes of at least 4 members (excludes halogenated alkanes) is 17. The highest BCUT2D eigenvalue weighted by atomic mass is 35.5. The zero-order valence-electron chi connectivity index (χ0n) is 54.9. The summed E-state index contributed by atoms with van der Waals surface area (Å²) in [6, 6.07) is 15.4. The van der Waals surface area contributed by atoms with Crippen molar-refractivity contribution < 1.29 is 19.4 Å². The third-order valence-corrected chi connectivity index (χ3v) is 26.1. The molecule has 0 atom stereocenters. The molecule has 0 amide bonds. The Bertz CT molecular complexity index is 4280. The van der Waals surface area contributed by atoms with Gasteiger partial charge in [-0.3, -0.25) is 9.59 Å². The first-order valence-electron chi connectivity index (χ1n) is 34.2. The summed E-state index contributed by atoms with van der Waals surface area (Å²) >= 11 is 26.5. The van der Waals surface area contributed by atoms with Gasteiger partial charge in [-0.1, -0.05) is 210 Å². The van der Waals surface area contributed by atoms with Crippen molar-refractivity contribution in [2.24, 2.45) is 0 Å². The molecule has 0 saturated carbocycles. The number of nitrogens with zero attached hydrogens (tertiary/aromatic N) is 4. The molecule has 0 fully saturated rings. The molecule has 94 heavy (non-hydrogen) atoms. The maximum atomic E-state index is 14.7. The number of benzene rings is 3. The normalized spacial score (nSPS) is 16.5. The summed E-state index contributed by atoms with van der Waals surface area (Å²) in [6.45, 7) is 29.9. The van der Waals surface area contributed by atoms with Gasteiger partial charge in [0.15, 0.2) is 11.6 Å². The summed E-state index contributed by atoms with van der Waals surface area (Å²) in [4.78, 5) is 42.9. The molecule has 1 N–H and O–H groups in total. The van der Waals surface area contributed by atoms with Crippen molar-refractivity contribution in [2.45, 2.75) is 219 Å². The second kappa shape index (κ2) is 30.0. The Kier molecular flexibility index (Phi) is 22.0. The van der Waals surface area contributed by atoms with E-state index in [9.17, 15) is 25.2 Å². The van der Waals surface area contributed by atoms with Gasteiger partial charge in [-0.05, 0) is 120 Å². The predicted molar refractivity (Wildman–Crippen MR) is 397 cm³/mol. The number of phenols is 1. The number of thiophene rings is 4. The van der Waals surface area contributed by atoms with Crippen molar-refractivity contribution >= 4 is 135 Å². The molecular formula is C79H81Cl3N4O4S4. The quantitative estimate of drug-likeness (QED) is 0.0207. The van der Waals surface area contributed by atoms with Crippen molar-refractivity contribution in [1.82, 2.24) is 0 Å². The highest BCUT2D eigenvalue weighted by Gasteiger charge is 2.51. The molecule has 0 aliphatic heterocycles. The number of hydrogen-bond acceptors (Lipinski definition) is 10. The molecule has 4 heterocycles. The maximum absolute atomic E-state index is 14.7. The number of carbonyl (C=O) groups excluding carboxylic acids is 2. The molecule has 7 aromatic rings. The lowest BCUT2D eigenvalue weighted by Crippen LogP contribution is -2.26. The Labute approximate surface area is 586 Å². The third-order valence-electron chi connectivity index (χ3n) is 20.1. The van der Waals surface area contributed by atoms with E-state index >= 15 is 0 Å². The van der Waals surface area contributed by atoms with Crippen LogP contribution in [0.5, 0.6) is 11.5 Å². The van der Waals surface area contributed by atoms with E-state index in [1.165, 1.54) is 41.5 Å². The number of hydrogen-bond donors (Lipinski definition) is 1. The van der Waals surface area contributed by atoms with Crippen molar-refractivity contribution in [3.63, 3.8) is 0 Å². The number of phenolic OH excluding ortho intramolecular Hbond substituents is 1. The molecule has 0 spiro atoms. The average molecular weight is 1390 g/mol. The summed E-state index contributed by atoms with van der Waals surface area (Å²) in [7, 11) is 0. The first kappa shape index (κ1) is 69.1. The zero-order chi connectivity index (χ0) is 66.6. The molecule has 11 rings (SSSR count). The lowest BCUT2D eigenvalue weighted by molar-refractivity contribution is 0.103. The molecule has 4 aliphatic carbocycles. The monoisotopic (exact) mass is 1380 g/mol. The Balaban J connectivity index is 1.18. The number of allylic oxidation sites excluding steroid dienone is 6. The van der Waals surface area contributed by atoms with E-state index in [2.05, 4.69) is 68.6 Å². The van der Waals surface area contributed by atoms with Crippen molar-refractivity contribution in [3.05, 3.63) is 157 Å². The molecule has 0 unspecified atom stereocenters. The molecule has 486 valence electrons. The van der Waals surface area contributed by atoms with Crippen LogP contribution >= 0.6 is 80.1 Å². The number of carbonyl (C=O) groups is 2. The Morgan fingerprint density at radius 1 is 0.521 bits per heavy atom. The fraction of sp³-hybridized carbons (Fsp3) is 0.443. The number of ketones is 2. The molecule has 8 nitrogen and oxygen atoms in total. The van der Waals surface area contributed by atoms with Crippen LogP contribution in [0.3, 0.4) is 0 Å². The summed E-state index contributed by atoms with van der Waals surface area (Å²) in [6.07, 6.45) is 31.0. The largest absolute Gasteiger partial charge is 0.506 e. The van der Waals surface area contributed by atoms with Crippen LogP contribution in [0.4, 0.5) is 0 Å². The van der Waals surface area contributed by atoms with E-state index in [4.69, 9.17) is 52.7 Å². The second-order valence-electron chi connectivity index (χ2n) is 26.1. The standard InChI is InChI=1S/C79H81Cl3N4O4S4/c1-9-14-19-24-25-30-35-90-71-65-67-77(73-56(79(67,33-28-22-17-12-4)34-29-23-18-13-5)40-48(92-73)38-54-63(61(45-84)86-8)50-41-58(81)59(82)43-52(50)69(54)88)93-74(65)70(89)64-66-76(94-75(64)71)72-55(78(66,31-26-20-15-10-2)32-27-21-16-11-3)39-47(91-72)37-53-62(60(44-83)85-7)49-36-46(6)57(80)42-51(49)68(53)87/h36-43,89H,9-35H2,1-6H3/b53-37-,54-38-,62-60-,63-61+. The minimum absolute atomic E-state index is 0.130. The highest BCUT2D eigenvalue weighted by Crippen LogP contribution is 2.69. The second-order valence-corrected chi connectivity index (χ2v) is 31.6. The van der Waals surface area contributed by atoms with E-state index in [1.807, 2.05) is 25.1 Å². The van der Waals surface area contributed by atoms with Gasteiger partial charge in [0.2, 0.25) is 0 Å². The molecular weight excluding hydrogens is 1300 g/mol. The fourth-order valence-electron chi connectivity index (χ4n) is 15.4. The van der Waals surface area contributed by atoms with Crippen LogP contribution in [0.15, 0.2) is 58.9 Å². The molecule has 0 radical (unpaired) electrons. The SMILES string of the molecule is [C-]#[N+]/C(C#N)=C1\C(=C\c2cc3c(s2)-c2sc4c(OCCCCCCCC)c5c6c(sc5c(O)c4c2C3(CCCCCC)CCCCCC)-c2sc(/C=C3\C(=O)c4cc(Cl)c(Cl)cc4\C3=C(\C#N)[N+]#[C-])cc2C6(CCCCCC)CCCCCC)C(=O)c2cc(Cl)c(C)cc21. The Morgan fingerprint density at radius 3 is 1.36 bits per heavy atom. The minimum Gasteiger partial charge on any atom is -0.506 e. The summed E-state index contributed by atoms with van der Waals surface area (Å²) < 4.78 is 9.38. The lowest BCUT2D eigenvalue weighted by atomic mass is 9.69. The van der Waals surface area contributed by atoms with Gasteiger partial charge in [-0.25, -0.2) is 20.2 Å². The first-order valence-corrected chi connectivity index (χ1v) is 38.6. The van der Waals surface area contributed by atoms with Gasteiger partial charge in [-0.2, -0.15) is 0 Å².